The molecule has 164 valence electrons. The molecule has 7 heteroatoms. The number of nitrogens with zero attached hydrogens (tertiary/aromatic N) is 1. The molecule has 2 rings (SSSR count). The van der Waals surface area contributed by atoms with E-state index in [1.54, 1.807) is 7.11 Å². The summed E-state index contributed by atoms with van der Waals surface area (Å²) in [5.74, 6) is 0.770. The van der Waals surface area contributed by atoms with Crippen molar-refractivity contribution in [3.8, 4) is 5.75 Å². The second kappa shape index (κ2) is 11.6. The van der Waals surface area contributed by atoms with Gasteiger partial charge < -0.3 is 10.1 Å². The number of methoxy groups -OCH3 is 1. The van der Waals surface area contributed by atoms with Crippen molar-refractivity contribution in [2.24, 2.45) is 0 Å². The van der Waals surface area contributed by atoms with Crippen LogP contribution >= 0.6 is 0 Å². The summed E-state index contributed by atoms with van der Waals surface area (Å²) in [7, 11) is -1.76. The van der Waals surface area contributed by atoms with E-state index in [1.807, 2.05) is 48.5 Å². The molecule has 0 fully saturated rings. The Bertz CT molecular complexity index is 911. The van der Waals surface area contributed by atoms with Crippen molar-refractivity contribution in [3.05, 3.63) is 59.7 Å². The van der Waals surface area contributed by atoms with E-state index in [4.69, 9.17) is 4.74 Å². The molecule has 0 aliphatic carbocycles. The Hall–Kier alpha value is -2.54. The van der Waals surface area contributed by atoms with Gasteiger partial charge in [-0.05, 0) is 61.1 Å². The van der Waals surface area contributed by atoms with Gasteiger partial charge in [-0.15, -0.1) is 0 Å². The van der Waals surface area contributed by atoms with Crippen LogP contribution < -0.4 is 14.4 Å². The van der Waals surface area contributed by atoms with Gasteiger partial charge in [0.15, 0.2) is 0 Å². The molecule has 0 unspecified atom stereocenters. The van der Waals surface area contributed by atoms with Gasteiger partial charge >= 0.3 is 0 Å². The molecule has 2 aromatic carbocycles. The highest BCUT2D eigenvalue weighted by Gasteiger charge is 2.17. The van der Waals surface area contributed by atoms with Gasteiger partial charge in [0.2, 0.25) is 15.9 Å². The van der Waals surface area contributed by atoms with Crippen LogP contribution in [0.5, 0.6) is 5.75 Å². The number of carbonyl (C=O) groups excluding carboxylic acids is 1. The first-order chi connectivity index (χ1) is 14.3. The fraction of sp³-hybridized carbons (Fsp3) is 0.435. The zero-order valence-corrected chi connectivity index (χ0v) is 18.9. The van der Waals surface area contributed by atoms with Crippen LogP contribution in [0.25, 0.3) is 0 Å². The molecule has 0 saturated carbocycles. The molecule has 0 aliphatic heterocycles. The summed E-state index contributed by atoms with van der Waals surface area (Å²) in [6.45, 7) is 2.92. The molecule has 6 nitrogen and oxygen atoms in total. The third-order valence-corrected chi connectivity index (χ3v) is 6.09. The van der Waals surface area contributed by atoms with Crippen molar-refractivity contribution >= 4 is 21.6 Å². The number of anilines is 1. The summed E-state index contributed by atoms with van der Waals surface area (Å²) in [4.78, 5) is 12.1. The minimum atomic E-state index is -3.40. The van der Waals surface area contributed by atoms with Gasteiger partial charge in [0.25, 0.3) is 0 Å². The predicted octanol–water partition coefficient (Wildman–Crippen LogP) is 3.55. The van der Waals surface area contributed by atoms with Crippen LogP contribution in [0.1, 0.15) is 37.3 Å². The maximum absolute atomic E-state index is 12.2. The summed E-state index contributed by atoms with van der Waals surface area (Å²) in [5, 5.41) is 2.91. The van der Waals surface area contributed by atoms with E-state index in [2.05, 4.69) is 12.2 Å². The standard InChI is InChI=1S/C23H32N2O4S/c1-4-19-12-14-21(15-13-19)25(30(3,27)28)17-7-11-23(26)24-16-6-9-20-8-5-10-22(18-20)29-2/h5,8,10,12-15,18H,4,6-7,9,11,16-17H2,1-3H3,(H,24,26). The number of sulfonamides is 1. The summed E-state index contributed by atoms with van der Waals surface area (Å²) in [5.41, 5.74) is 2.95. The van der Waals surface area contributed by atoms with Crippen LogP contribution in [0.3, 0.4) is 0 Å². The maximum atomic E-state index is 12.2. The minimum absolute atomic E-state index is 0.0598. The zero-order chi connectivity index (χ0) is 22.0. The molecule has 1 N–H and O–H groups in total. The molecule has 1 amide bonds. The van der Waals surface area contributed by atoms with Crippen LogP contribution in [0, 0.1) is 0 Å². The van der Waals surface area contributed by atoms with Crippen LogP contribution in [0.2, 0.25) is 0 Å². The van der Waals surface area contributed by atoms with Crippen molar-refractivity contribution in [3.63, 3.8) is 0 Å². The Kier molecular flexibility index (Phi) is 9.17. The molecule has 0 heterocycles. The lowest BCUT2D eigenvalue weighted by Gasteiger charge is -2.22. The molecule has 0 radical (unpaired) electrons. The molecule has 0 bridgehead atoms. The normalized spacial score (nSPS) is 11.2. The van der Waals surface area contributed by atoms with Gasteiger partial charge in [-0.1, -0.05) is 31.2 Å². The highest BCUT2D eigenvalue weighted by atomic mass is 32.2. The Labute approximate surface area is 180 Å². The Balaban J connectivity index is 1.75. The SMILES string of the molecule is CCc1ccc(N(CCCC(=O)NCCCc2cccc(OC)c2)S(C)(=O)=O)cc1. The number of benzene rings is 2. The average Bonchev–Trinajstić information content (AvgIpc) is 2.74. The van der Waals surface area contributed by atoms with Gasteiger partial charge in [0.05, 0.1) is 19.1 Å². The van der Waals surface area contributed by atoms with Gasteiger partial charge in [0.1, 0.15) is 5.75 Å². The molecular formula is C23H32N2O4S. The summed E-state index contributed by atoms with van der Waals surface area (Å²) in [6, 6.07) is 15.4. The monoisotopic (exact) mass is 432 g/mol. The maximum Gasteiger partial charge on any atom is 0.232 e. The summed E-state index contributed by atoms with van der Waals surface area (Å²) >= 11 is 0. The summed E-state index contributed by atoms with van der Waals surface area (Å²) < 4.78 is 30.9. The van der Waals surface area contributed by atoms with Crippen LogP contribution in [0.15, 0.2) is 48.5 Å². The molecule has 30 heavy (non-hydrogen) atoms. The number of nitrogens with one attached hydrogen (secondary N) is 1. The first kappa shape index (κ1) is 23.7. The lowest BCUT2D eigenvalue weighted by Crippen LogP contribution is -2.32. The lowest BCUT2D eigenvalue weighted by molar-refractivity contribution is -0.121. The van der Waals surface area contributed by atoms with Crippen LogP contribution in [-0.4, -0.2) is 40.8 Å². The van der Waals surface area contributed by atoms with E-state index in [9.17, 15) is 13.2 Å². The fourth-order valence-electron chi connectivity index (χ4n) is 3.20. The second-order valence-corrected chi connectivity index (χ2v) is 9.17. The van der Waals surface area contributed by atoms with E-state index in [0.717, 1.165) is 30.6 Å². The van der Waals surface area contributed by atoms with E-state index in [1.165, 1.54) is 16.1 Å². The van der Waals surface area contributed by atoms with Gasteiger partial charge in [-0.25, -0.2) is 8.42 Å². The van der Waals surface area contributed by atoms with Gasteiger partial charge in [-0.3, -0.25) is 9.10 Å². The number of ether oxygens (including phenoxy) is 1. The largest absolute Gasteiger partial charge is 0.497 e. The highest BCUT2D eigenvalue weighted by molar-refractivity contribution is 7.92. The first-order valence-corrected chi connectivity index (χ1v) is 12.1. The number of hydrogen-bond donors (Lipinski definition) is 1. The molecule has 0 aromatic heterocycles. The molecular weight excluding hydrogens is 400 g/mol. The van der Waals surface area contributed by atoms with Crippen molar-refractivity contribution in [1.29, 1.82) is 0 Å². The van der Waals surface area contributed by atoms with Crippen LogP contribution in [-0.2, 0) is 27.7 Å². The van der Waals surface area contributed by atoms with E-state index < -0.39 is 10.0 Å². The molecule has 2 aromatic rings. The smallest absolute Gasteiger partial charge is 0.232 e. The number of amides is 1. The van der Waals surface area contributed by atoms with Crippen molar-refractivity contribution in [2.45, 2.75) is 39.0 Å². The number of carbonyl (C=O) groups is 1. The third kappa shape index (κ3) is 7.71. The Morgan fingerprint density at radius 3 is 2.43 bits per heavy atom. The van der Waals surface area contributed by atoms with Crippen molar-refractivity contribution in [2.75, 3.05) is 30.8 Å². The summed E-state index contributed by atoms with van der Waals surface area (Å²) in [6.07, 6.45) is 4.53. The fourth-order valence-corrected chi connectivity index (χ4v) is 4.17. The highest BCUT2D eigenvalue weighted by Crippen LogP contribution is 2.19. The lowest BCUT2D eigenvalue weighted by atomic mass is 10.1. The molecule has 0 spiro atoms. The number of rotatable bonds is 12. The minimum Gasteiger partial charge on any atom is -0.497 e. The van der Waals surface area contributed by atoms with E-state index in [0.29, 0.717) is 18.7 Å². The second-order valence-electron chi connectivity index (χ2n) is 7.26. The average molecular weight is 433 g/mol. The molecule has 0 atom stereocenters. The third-order valence-electron chi connectivity index (χ3n) is 4.90. The van der Waals surface area contributed by atoms with E-state index >= 15 is 0 Å². The van der Waals surface area contributed by atoms with E-state index in [-0.39, 0.29) is 18.9 Å². The first-order valence-electron chi connectivity index (χ1n) is 10.3. The van der Waals surface area contributed by atoms with Crippen molar-refractivity contribution < 1.29 is 17.9 Å². The zero-order valence-electron chi connectivity index (χ0n) is 18.1. The molecule has 0 aliphatic rings. The topological polar surface area (TPSA) is 75.7 Å². The predicted molar refractivity (Wildman–Crippen MR) is 122 cm³/mol. The number of hydrogen-bond acceptors (Lipinski definition) is 4. The Morgan fingerprint density at radius 2 is 1.80 bits per heavy atom. The van der Waals surface area contributed by atoms with Gasteiger partial charge in [0, 0.05) is 19.5 Å². The number of aryl methyl sites for hydroxylation is 2. The van der Waals surface area contributed by atoms with Gasteiger partial charge in [-0.2, -0.15) is 0 Å². The Morgan fingerprint density at radius 1 is 1.07 bits per heavy atom. The van der Waals surface area contributed by atoms with Crippen LogP contribution in [0.4, 0.5) is 5.69 Å². The van der Waals surface area contributed by atoms with Crippen molar-refractivity contribution in [1.82, 2.24) is 5.32 Å². The molecule has 0 saturated heterocycles. The quantitative estimate of drug-likeness (QED) is 0.521.